The molecule has 0 saturated heterocycles. The van der Waals surface area contributed by atoms with Crippen LogP contribution in [-0.4, -0.2) is 16.2 Å². The summed E-state index contributed by atoms with van der Waals surface area (Å²) in [5, 5.41) is 15.3. The Labute approximate surface area is 95.9 Å². The fourth-order valence-electron chi connectivity index (χ4n) is 1.30. The van der Waals surface area contributed by atoms with E-state index in [9.17, 15) is 14.3 Å². The molecule has 0 spiro atoms. The van der Waals surface area contributed by atoms with Crippen LogP contribution >= 0.6 is 0 Å². The molecule has 0 radical (unpaired) electrons. The number of nitrogens with one attached hydrogen (secondary N) is 1. The number of carbonyl (C=O) groups is 1. The molecule has 0 aliphatic rings. The van der Waals surface area contributed by atoms with Crippen LogP contribution in [0.3, 0.4) is 0 Å². The predicted molar refractivity (Wildman–Crippen MR) is 57.3 cm³/mol. The summed E-state index contributed by atoms with van der Waals surface area (Å²) in [7, 11) is 0. The molecule has 0 aliphatic carbocycles. The Morgan fingerprint density at radius 2 is 2.24 bits per heavy atom. The highest BCUT2D eigenvalue weighted by Crippen LogP contribution is 2.19. The van der Waals surface area contributed by atoms with E-state index >= 15 is 0 Å². The average Bonchev–Trinajstić information content (AvgIpc) is 2.67. The molecule has 1 amide bonds. The number of hydrogen-bond acceptors (Lipinski definition) is 4. The molecule has 2 aromatic rings. The zero-order valence-electron chi connectivity index (χ0n) is 8.90. The van der Waals surface area contributed by atoms with Crippen molar-refractivity contribution in [1.29, 1.82) is 0 Å². The maximum Gasteiger partial charge on any atom is 0.260 e. The van der Waals surface area contributed by atoms with Crippen LogP contribution in [0, 0.1) is 12.7 Å². The van der Waals surface area contributed by atoms with Crippen LogP contribution in [0.5, 0.6) is 5.75 Å². The van der Waals surface area contributed by atoms with Gasteiger partial charge in [0.1, 0.15) is 17.3 Å². The van der Waals surface area contributed by atoms with Crippen LogP contribution in [0.15, 0.2) is 28.8 Å². The molecule has 2 N–H and O–H groups in total. The predicted octanol–water partition coefficient (Wildman–Crippen LogP) is 2.08. The van der Waals surface area contributed by atoms with Crippen molar-refractivity contribution in [2.24, 2.45) is 0 Å². The molecule has 0 atom stereocenters. The van der Waals surface area contributed by atoms with Crippen molar-refractivity contribution >= 4 is 11.7 Å². The van der Waals surface area contributed by atoms with E-state index in [0.717, 1.165) is 18.2 Å². The highest BCUT2D eigenvalue weighted by molar-refractivity contribution is 6.05. The number of halogens is 1. The largest absolute Gasteiger partial charge is 0.507 e. The quantitative estimate of drug-likeness (QED) is 0.837. The summed E-state index contributed by atoms with van der Waals surface area (Å²) in [6.45, 7) is 1.67. The molecule has 2 rings (SSSR count). The Kier molecular flexibility index (Phi) is 2.78. The van der Waals surface area contributed by atoms with Gasteiger partial charge in [0.2, 0.25) is 0 Å². The van der Waals surface area contributed by atoms with Crippen LogP contribution in [0.4, 0.5) is 10.2 Å². The molecule has 5 nitrogen and oxygen atoms in total. The summed E-state index contributed by atoms with van der Waals surface area (Å²) >= 11 is 0. The van der Waals surface area contributed by atoms with E-state index < -0.39 is 11.7 Å². The van der Waals surface area contributed by atoms with E-state index in [1.807, 2.05) is 0 Å². The SMILES string of the molecule is Cc1cc(NC(=O)c2cc(F)ccc2O)no1. The third-order valence-electron chi connectivity index (χ3n) is 2.07. The lowest BCUT2D eigenvalue weighted by Crippen LogP contribution is -2.12. The highest BCUT2D eigenvalue weighted by atomic mass is 19.1. The molecule has 17 heavy (non-hydrogen) atoms. The third-order valence-corrected chi connectivity index (χ3v) is 2.07. The van der Waals surface area contributed by atoms with Gasteiger partial charge in [-0.25, -0.2) is 4.39 Å². The second-order valence-corrected chi connectivity index (χ2v) is 3.44. The zero-order chi connectivity index (χ0) is 12.4. The molecule has 0 fully saturated rings. The number of hydrogen-bond donors (Lipinski definition) is 2. The number of anilines is 1. The minimum Gasteiger partial charge on any atom is -0.507 e. The van der Waals surface area contributed by atoms with E-state index in [-0.39, 0.29) is 17.1 Å². The highest BCUT2D eigenvalue weighted by Gasteiger charge is 2.13. The summed E-state index contributed by atoms with van der Waals surface area (Å²) in [5.41, 5.74) is -0.161. The van der Waals surface area contributed by atoms with Gasteiger partial charge >= 0.3 is 0 Å². The first-order valence-electron chi connectivity index (χ1n) is 4.79. The van der Waals surface area contributed by atoms with Gasteiger partial charge in [-0.2, -0.15) is 0 Å². The minimum atomic E-state index is -0.657. The number of aryl methyl sites for hydroxylation is 1. The number of rotatable bonds is 2. The van der Waals surface area contributed by atoms with Crippen molar-refractivity contribution in [2.45, 2.75) is 6.92 Å². The third kappa shape index (κ3) is 2.41. The molecule has 0 saturated carbocycles. The first kappa shape index (κ1) is 11.1. The van der Waals surface area contributed by atoms with E-state index in [4.69, 9.17) is 4.52 Å². The van der Waals surface area contributed by atoms with Crippen molar-refractivity contribution in [3.05, 3.63) is 41.4 Å². The van der Waals surface area contributed by atoms with Crippen LogP contribution in [0.2, 0.25) is 0 Å². The molecule has 6 heteroatoms. The van der Waals surface area contributed by atoms with E-state index in [1.165, 1.54) is 6.07 Å². The van der Waals surface area contributed by atoms with Crippen molar-refractivity contribution < 1.29 is 18.8 Å². The van der Waals surface area contributed by atoms with Crippen molar-refractivity contribution in [2.75, 3.05) is 5.32 Å². The minimum absolute atomic E-state index is 0.161. The van der Waals surface area contributed by atoms with Gasteiger partial charge in [-0.05, 0) is 25.1 Å². The van der Waals surface area contributed by atoms with Gasteiger partial charge < -0.3 is 14.9 Å². The maximum absolute atomic E-state index is 12.9. The van der Waals surface area contributed by atoms with Crippen molar-refractivity contribution in [1.82, 2.24) is 5.16 Å². The van der Waals surface area contributed by atoms with Crippen LogP contribution in [0.1, 0.15) is 16.1 Å². The molecule has 0 aliphatic heterocycles. The molecule has 1 heterocycles. The number of carbonyl (C=O) groups excluding carboxylic acids is 1. The smallest absolute Gasteiger partial charge is 0.260 e. The van der Waals surface area contributed by atoms with Crippen LogP contribution in [0.25, 0.3) is 0 Å². The van der Waals surface area contributed by atoms with E-state index in [1.54, 1.807) is 6.92 Å². The lowest BCUT2D eigenvalue weighted by Gasteiger charge is -2.03. The van der Waals surface area contributed by atoms with E-state index in [2.05, 4.69) is 10.5 Å². The van der Waals surface area contributed by atoms with Crippen LogP contribution < -0.4 is 5.32 Å². The van der Waals surface area contributed by atoms with Crippen molar-refractivity contribution in [3.8, 4) is 5.75 Å². The summed E-state index contributed by atoms with van der Waals surface area (Å²) < 4.78 is 17.7. The Bertz CT molecular complexity index is 566. The molecule has 0 bridgehead atoms. The number of amides is 1. The second-order valence-electron chi connectivity index (χ2n) is 3.44. The van der Waals surface area contributed by atoms with Gasteiger partial charge in [-0.1, -0.05) is 5.16 Å². The number of aromatic hydroxyl groups is 1. The second kappa shape index (κ2) is 4.25. The Morgan fingerprint density at radius 3 is 2.88 bits per heavy atom. The van der Waals surface area contributed by atoms with E-state index in [0.29, 0.717) is 5.76 Å². The molecular formula is C11H9FN2O3. The first-order valence-corrected chi connectivity index (χ1v) is 4.79. The molecule has 1 aromatic carbocycles. The fraction of sp³-hybridized carbons (Fsp3) is 0.0909. The number of benzene rings is 1. The molecular weight excluding hydrogens is 227 g/mol. The Morgan fingerprint density at radius 1 is 1.47 bits per heavy atom. The average molecular weight is 236 g/mol. The zero-order valence-corrected chi connectivity index (χ0v) is 8.90. The van der Waals surface area contributed by atoms with Gasteiger partial charge in [0, 0.05) is 6.07 Å². The van der Waals surface area contributed by atoms with Gasteiger partial charge in [0.15, 0.2) is 5.82 Å². The standard InChI is InChI=1S/C11H9FN2O3/c1-6-4-10(14-17-6)13-11(16)8-5-7(12)2-3-9(8)15/h2-5,15H,1H3,(H,13,14,16). The lowest BCUT2D eigenvalue weighted by molar-refractivity contribution is 0.102. The van der Waals surface area contributed by atoms with Crippen LogP contribution in [-0.2, 0) is 0 Å². The number of aromatic nitrogens is 1. The molecule has 1 aromatic heterocycles. The Balaban J connectivity index is 2.22. The lowest BCUT2D eigenvalue weighted by atomic mass is 10.2. The Hall–Kier alpha value is -2.37. The summed E-state index contributed by atoms with van der Waals surface area (Å²) in [6.07, 6.45) is 0. The van der Waals surface area contributed by atoms with Gasteiger partial charge in [0.25, 0.3) is 5.91 Å². The maximum atomic E-state index is 12.9. The van der Waals surface area contributed by atoms with Gasteiger partial charge in [-0.3, -0.25) is 4.79 Å². The fourth-order valence-corrected chi connectivity index (χ4v) is 1.30. The number of phenolic OH excluding ortho intramolecular Hbond substituents is 1. The van der Waals surface area contributed by atoms with Crippen molar-refractivity contribution in [3.63, 3.8) is 0 Å². The summed E-state index contributed by atoms with van der Waals surface area (Å²) in [4.78, 5) is 11.7. The number of nitrogens with zero attached hydrogens (tertiary/aromatic N) is 1. The first-order chi connectivity index (χ1) is 8.06. The molecule has 0 unspecified atom stereocenters. The van der Waals surface area contributed by atoms with Gasteiger partial charge in [-0.15, -0.1) is 0 Å². The van der Waals surface area contributed by atoms with Gasteiger partial charge in [0.05, 0.1) is 5.56 Å². The monoisotopic (exact) mass is 236 g/mol. The summed E-state index contributed by atoms with van der Waals surface area (Å²) in [6, 6.07) is 4.62. The number of phenols is 1. The summed E-state index contributed by atoms with van der Waals surface area (Å²) in [5.74, 6) is -0.830. The molecule has 88 valence electrons. The normalized spacial score (nSPS) is 10.2. The topological polar surface area (TPSA) is 75.4 Å².